The summed E-state index contributed by atoms with van der Waals surface area (Å²) in [6.45, 7) is 2.88. The van der Waals surface area contributed by atoms with Crippen LogP contribution in [0, 0.1) is 12.8 Å². The van der Waals surface area contributed by atoms with Gasteiger partial charge >= 0.3 is 5.69 Å². The van der Waals surface area contributed by atoms with Gasteiger partial charge in [0.2, 0.25) is 11.8 Å². The molecular weight excluding hydrogens is 420 g/mol. The summed E-state index contributed by atoms with van der Waals surface area (Å²) in [7, 11) is 0. The molecule has 1 aromatic carbocycles. The van der Waals surface area contributed by atoms with E-state index in [2.05, 4.69) is 15.4 Å². The van der Waals surface area contributed by atoms with Gasteiger partial charge in [0, 0.05) is 49.2 Å². The Kier molecular flexibility index (Phi) is 5.53. The maximum atomic E-state index is 12.9. The van der Waals surface area contributed by atoms with E-state index in [1.54, 1.807) is 21.9 Å². The molecule has 170 valence electrons. The number of hydrogen-bond acceptors (Lipinski definition) is 5. The molecule has 1 saturated heterocycles. The average Bonchev–Trinajstić information content (AvgIpc) is 3.50. The molecule has 1 aliphatic heterocycles. The third-order valence-electron chi connectivity index (χ3n) is 6.17. The Labute approximate surface area is 191 Å². The quantitative estimate of drug-likeness (QED) is 0.597. The second-order valence-corrected chi connectivity index (χ2v) is 8.70. The number of benzene rings is 1. The standard InChI is InChI=1S/C24H26N6O3/c1-16-4-6-19(7-5-16)28-15-18(13-21(28)31)23(32)26-11-12-29-24(33)30(20-8-9-20)22(27-29)17-3-2-10-25-14-17/h2-7,10,14,18,20H,8-9,11-13,15H2,1H3,(H,26,32)/t18-/m1/s1. The molecule has 0 spiro atoms. The monoisotopic (exact) mass is 446 g/mol. The normalized spacial score (nSPS) is 18.0. The largest absolute Gasteiger partial charge is 0.354 e. The highest BCUT2D eigenvalue weighted by molar-refractivity contribution is 6.00. The minimum Gasteiger partial charge on any atom is -0.354 e. The lowest BCUT2D eigenvalue weighted by Crippen LogP contribution is -2.36. The lowest BCUT2D eigenvalue weighted by molar-refractivity contribution is -0.126. The molecule has 1 aliphatic carbocycles. The molecule has 0 bridgehead atoms. The molecule has 1 saturated carbocycles. The predicted molar refractivity (Wildman–Crippen MR) is 123 cm³/mol. The van der Waals surface area contributed by atoms with Crippen molar-refractivity contribution in [2.75, 3.05) is 18.0 Å². The molecule has 3 heterocycles. The van der Waals surface area contributed by atoms with E-state index in [-0.39, 0.29) is 43.1 Å². The number of carbonyl (C=O) groups is 2. The van der Waals surface area contributed by atoms with Gasteiger partial charge in [0.25, 0.3) is 0 Å². The van der Waals surface area contributed by atoms with Crippen molar-refractivity contribution in [1.29, 1.82) is 0 Å². The van der Waals surface area contributed by atoms with Crippen molar-refractivity contribution in [3.8, 4) is 11.4 Å². The van der Waals surface area contributed by atoms with Gasteiger partial charge in [-0.25, -0.2) is 9.48 Å². The molecule has 0 radical (unpaired) electrons. The van der Waals surface area contributed by atoms with Gasteiger partial charge in [-0.2, -0.15) is 0 Å². The third-order valence-corrected chi connectivity index (χ3v) is 6.17. The number of anilines is 1. The fraction of sp³-hybridized carbons (Fsp3) is 0.375. The first kappa shape index (κ1) is 21.1. The second kappa shape index (κ2) is 8.65. The molecule has 1 N–H and O–H groups in total. The maximum absolute atomic E-state index is 12.9. The summed E-state index contributed by atoms with van der Waals surface area (Å²) in [6.07, 6.45) is 5.49. The summed E-state index contributed by atoms with van der Waals surface area (Å²) >= 11 is 0. The molecule has 2 aliphatic rings. The van der Waals surface area contributed by atoms with E-state index in [1.165, 1.54) is 4.68 Å². The van der Waals surface area contributed by atoms with E-state index in [1.807, 2.05) is 43.3 Å². The number of pyridine rings is 1. The van der Waals surface area contributed by atoms with Crippen LogP contribution in [0.4, 0.5) is 5.69 Å². The number of aromatic nitrogens is 4. The highest BCUT2D eigenvalue weighted by atomic mass is 16.2. The Balaban J connectivity index is 1.22. The lowest BCUT2D eigenvalue weighted by Gasteiger charge is -2.17. The Hall–Kier alpha value is -3.75. The maximum Gasteiger partial charge on any atom is 0.346 e. The van der Waals surface area contributed by atoms with E-state index in [0.717, 1.165) is 29.7 Å². The van der Waals surface area contributed by atoms with Crippen molar-refractivity contribution in [2.24, 2.45) is 5.92 Å². The average molecular weight is 447 g/mol. The number of amides is 2. The van der Waals surface area contributed by atoms with Crippen molar-refractivity contribution in [3.63, 3.8) is 0 Å². The van der Waals surface area contributed by atoms with Crippen LogP contribution in [-0.2, 0) is 16.1 Å². The van der Waals surface area contributed by atoms with Gasteiger partial charge in [0.15, 0.2) is 5.82 Å². The smallest absolute Gasteiger partial charge is 0.346 e. The zero-order valence-corrected chi connectivity index (χ0v) is 18.5. The van der Waals surface area contributed by atoms with Crippen LogP contribution in [0.3, 0.4) is 0 Å². The summed E-state index contributed by atoms with van der Waals surface area (Å²) in [4.78, 5) is 43.9. The van der Waals surface area contributed by atoms with Crippen LogP contribution in [0.1, 0.15) is 30.9 Å². The fourth-order valence-electron chi connectivity index (χ4n) is 4.21. The Morgan fingerprint density at radius 2 is 1.94 bits per heavy atom. The zero-order chi connectivity index (χ0) is 22.9. The van der Waals surface area contributed by atoms with E-state index >= 15 is 0 Å². The van der Waals surface area contributed by atoms with Gasteiger partial charge in [0.1, 0.15) is 0 Å². The summed E-state index contributed by atoms with van der Waals surface area (Å²) in [6, 6.07) is 11.6. The lowest BCUT2D eigenvalue weighted by atomic mass is 10.1. The molecule has 2 amide bonds. The van der Waals surface area contributed by atoms with Gasteiger partial charge in [-0.3, -0.25) is 19.1 Å². The molecule has 33 heavy (non-hydrogen) atoms. The van der Waals surface area contributed by atoms with Crippen LogP contribution < -0.4 is 15.9 Å². The van der Waals surface area contributed by atoms with E-state index in [4.69, 9.17) is 0 Å². The third kappa shape index (κ3) is 4.30. The van der Waals surface area contributed by atoms with E-state index < -0.39 is 5.92 Å². The van der Waals surface area contributed by atoms with Crippen molar-refractivity contribution in [2.45, 2.75) is 38.8 Å². The molecule has 3 aromatic rings. The van der Waals surface area contributed by atoms with Gasteiger partial charge in [0.05, 0.1) is 12.5 Å². The molecule has 2 aromatic heterocycles. The molecule has 1 atom stereocenters. The molecular formula is C24H26N6O3. The number of carbonyl (C=O) groups excluding carboxylic acids is 2. The predicted octanol–water partition coefficient (Wildman–Crippen LogP) is 1.92. The van der Waals surface area contributed by atoms with Crippen molar-refractivity contribution in [1.82, 2.24) is 24.6 Å². The van der Waals surface area contributed by atoms with E-state index in [9.17, 15) is 14.4 Å². The van der Waals surface area contributed by atoms with Gasteiger partial charge in [-0.05, 0) is 44.0 Å². The van der Waals surface area contributed by atoms with Crippen molar-refractivity contribution in [3.05, 3.63) is 64.8 Å². The first-order valence-corrected chi connectivity index (χ1v) is 11.3. The van der Waals surface area contributed by atoms with Crippen LogP contribution >= 0.6 is 0 Å². The zero-order valence-electron chi connectivity index (χ0n) is 18.5. The van der Waals surface area contributed by atoms with Crippen LogP contribution in [0.15, 0.2) is 53.6 Å². The highest BCUT2D eigenvalue weighted by Gasteiger charge is 2.35. The number of hydrogen-bond donors (Lipinski definition) is 1. The second-order valence-electron chi connectivity index (χ2n) is 8.70. The minimum absolute atomic E-state index is 0.0560. The van der Waals surface area contributed by atoms with Crippen LogP contribution in [-0.4, -0.2) is 44.2 Å². The van der Waals surface area contributed by atoms with Crippen LogP contribution in [0.25, 0.3) is 11.4 Å². The summed E-state index contributed by atoms with van der Waals surface area (Å²) in [5.41, 5.74) is 2.55. The summed E-state index contributed by atoms with van der Waals surface area (Å²) < 4.78 is 3.13. The van der Waals surface area contributed by atoms with E-state index in [0.29, 0.717) is 12.4 Å². The first-order valence-electron chi connectivity index (χ1n) is 11.3. The van der Waals surface area contributed by atoms with Crippen molar-refractivity contribution < 1.29 is 9.59 Å². The number of rotatable bonds is 7. The van der Waals surface area contributed by atoms with Gasteiger partial charge < -0.3 is 10.2 Å². The number of nitrogens with zero attached hydrogens (tertiary/aromatic N) is 5. The molecule has 2 fully saturated rings. The Morgan fingerprint density at radius 1 is 1.15 bits per heavy atom. The number of nitrogens with one attached hydrogen (secondary N) is 1. The number of aryl methyl sites for hydroxylation is 1. The van der Waals surface area contributed by atoms with Crippen molar-refractivity contribution >= 4 is 17.5 Å². The minimum atomic E-state index is -0.412. The van der Waals surface area contributed by atoms with Crippen LogP contribution in [0.2, 0.25) is 0 Å². The van der Waals surface area contributed by atoms with Gasteiger partial charge in [-0.15, -0.1) is 5.10 Å². The summed E-state index contributed by atoms with van der Waals surface area (Å²) in [5.74, 6) is -0.0396. The molecule has 9 heteroatoms. The molecule has 5 rings (SSSR count). The topological polar surface area (TPSA) is 102 Å². The van der Waals surface area contributed by atoms with Crippen LogP contribution in [0.5, 0.6) is 0 Å². The summed E-state index contributed by atoms with van der Waals surface area (Å²) in [5, 5.41) is 7.40. The van der Waals surface area contributed by atoms with Gasteiger partial charge in [-0.1, -0.05) is 17.7 Å². The molecule has 0 unspecified atom stereocenters. The first-order chi connectivity index (χ1) is 16.0. The molecule has 9 nitrogen and oxygen atoms in total. The highest BCUT2D eigenvalue weighted by Crippen LogP contribution is 2.36. The Morgan fingerprint density at radius 3 is 2.64 bits per heavy atom. The SMILES string of the molecule is Cc1ccc(N2C[C@H](C(=O)NCCn3nc(-c4cccnc4)n(C4CC4)c3=O)CC2=O)cc1. The Bertz CT molecular complexity index is 1230. The fourth-order valence-corrected chi connectivity index (χ4v) is 4.21.